The highest BCUT2D eigenvalue weighted by molar-refractivity contribution is 5.96. The van der Waals surface area contributed by atoms with Crippen molar-refractivity contribution in [1.29, 1.82) is 0 Å². The number of carbonyl (C=O) groups excluding carboxylic acids is 1. The SMILES string of the molecule is CCc1onc(C)c1C(=O)NC[C@H]1CCO[C@@H]1C(C)(C)C. The van der Waals surface area contributed by atoms with Crippen LogP contribution in [0, 0.1) is 18.3 Å². The van der Waals surface area contributed by atoms with Crippen LogP contribution in [0.15, 0.2) is 4.52 Å². The highest BCUT2D eigenvalue weighted by Crippen LogP contribution is 2.34. The van der Waals surface area contributed by atoms with Crippen molar-refractivity contribution in [2.45, 2.75) is 53.6 Å². The van der Waals surface area contributed by atoms with Crippen molar-refractivity contribution in [1.82, 2.24) is 10.5 Å². The van der Waals surface area contributed by atoms with E-state index in [2.05, 4.69) is 31.2 Å². The summed E-state index contributed by atoms with van der Waals surface area (Å²) in [5.74, 6) is 0.921. The Morgan fingerprint density at radius 1 is 1.43 bits per heavy atom. The van der Waals surface area contributed by atoms with Crippen LogP contribution < -0.4 is 5.32 Å². The van der Waals surface area contributed by atoms with Crippen molar-refractivity contribution < 1.29 is 14.1 Å². The molecule has 1 aromatic rings. The predicted octanol–water partition coefficient (Wildman–Crippen LogP) is 2.73. The Morgan fingerprint density at radius 3 is 2.76 bits per heavy atom. The number of amides is 1. The van der Waals surface area contributed by atoms with Crippen molar-refractivity contribution >= 4 is 5.91 Å². The number of hydrogen-bond donors (Lipinski definition) is 1. The molecule has 0 saturated carbocycles. The van der Waals surface area contributed by atoms with E-state index in [1.165, 1.54) is 0 Å². The minimum Gasteiger partial charge on any atom is -0.377 e. The average Bonchev–Trinajstić information content (AvgIpc) is 3.01. The summed E-state index contributed by atoms with van der Waals surface area (Å²) in [6.07, 6.45) is 1.85. The van der Waals surface area contributed by atoms with E-state index < -0.39 is 0 Å². The monoisotopic (exact) mass is 294 g/mol. The predicted molar refractivity (Wildman–Crippen MR) is 80.3 cm³/mol. The minimum absolute atomic E-state index is 0.0909. The summed E-state index contributed by atoms with van der Waals surface area (Å²) >= 11 is 0. The number of ether oxygens (including phenoxy) is 1. The quantitative estimate of drug-likeness (QED) is 0.927. The maximum atomic E-state index is 12.4. The van der Waals surface area contributed by atoms with Gasteiger partial charge in [0.15, 0.2) is 0 Å². The third-order valence-corrected chi connectivity index (χ3v) is 4.07. The molecule has 1 N–H and O–H groups in total. The van der Waals surface area contributed by atoms with Gasteiger partial charge in [0.1, 0.15) is 11.3 Å². The van der Waals surface area contributed by atoms with Gasteiger partial charge in [0, 0.05) is 25.5 Å². The van der Waals surface area contributed by atoms with Gasteiger partial charge in [0.25, 0.3) is 5.91 Å². The fourth-order valence-corrected chi connectivity index (χ4v) is 3.06. The van der Waals surface area contributed by atoms with Crippen LogP contribution in [0.3, 0.4) is 0 Å². The zero-order valence-corrected chi connectivity index (χ0v) is 13.7. The first-order valence-corrected chi connectivity index (χ1v) is 7.69. The van der Waals surface area contributed by atoms with E-state index in [4.69, 9.17) is 9.26 Å². The molecule has 21 heavy (non-hydrogen) atoms. The maximum absolute atomic E-state index is 12.4. The lowest BCUT2D eigenvalue weighted by atomic mass is 9.81. The zero-order valence-electron chi connectivity index (χ0n) is 13.7. The molecule has 0 unspecified atom stereocenters. The van der Waals surface area contributed by atoms with E-state index in [1.54, 1.807) is 6.92 Å². The lowest BCUT2D eigenvalue weighted by molar-refractivity contribution is 0.00736. The van der Waals surface area contributed by atoms with E-state index in [9.17, 15) is 4.79 Å². The van der Waals surface area contributed by atoms with Gasteiger partial charge in [-0.3, -0.25) is 4.79 Å². The van der Waals surface area contributed by atoms with Gasteiger partial charge in [-0.2, -0.15) is 0 Å². The third kappa shape index (κ3) is 3.46. The molecule has 0 aromatic carbocycles. The lowest BCUT2D eigenvalue weighted by Gasteiger charge is -2.31. The van der Waals surface area contributed by atoms with Crippen LogP contribution in [0.2, 0.25) is 0 Å². The lowest BCUT2D eigenvalue weighted by Crippen LogP contribution is -2.39. The van der Waals surface area contributed by atoms with Crippen molar-refractivity contribution in [3.63, 3.8) is 0 Å². The Morgan fingerprint density at radius 2 is 2.14 bits per heavy atom. The molecule has 1 saturated heterocycles. The average molecular weight is 294 g/mol. The molecule has 2 atom stereocenters. The molecule has 2 heterocycles. The molecule has 0 radical (unpaired) electrons. The number of nitrogens with zero attached hydrogens (tertiary/aromatic N) is 1. The molecule has 1 amide bonds. The minimum atomic E-state index is -0.0924. The van der Waals surface area contributed by atoms with Gasteiger partial charge in [-0.05, 0) is 18.8 Å². The largest absolute Gasteiger partial charge is 0.377 e. The molecular formula is C16H26N2O3. The molecule has 0 spiro atoms. The molecule has 5 nitrogen and oxygen atoms in total. The Bertz CT molecular complexity index is 502. The van der Waals surface area contributed by atoms with Crippen LogP contribution in [0.25, 0.3) is 0 Å². The first kappa shape index (κ1) is 16.0. The number of aromatic nitrogens is 1. The third-order valence-electron chi connectivity index (χ3n) is 4.07. The molecule has 1 aliphatic rings. The Balaban J connectivity index is 1.99. The van der Waals surface area contributed by atoms with Crippen molar-refractivity contribution in [3.8, 4) is 0 Å². The molecule has 2 rings (SSSR count). The summed E-state index contributed by atoms with van der Waals surface area (Å²) in [6, 6.07) is 0. The second kappa shape index (κ2) is 6.18. The van der Waals surface area contributed by atoms with E-state index in [1.807, 2.05) is 6.92 Å². The van der Waals surface area contributed by atoms with Crippen LogP contribution >= 0.6 is 0 Å². The topological polar surface area (TPSA) is 64.4 Å². The Kier molecular flexibility index (Phi) is 4.71. The second-order valence-electron chi connectivity index (χ2n) is 6.84. The summed E-state index contributed by atoms with van der Waals surface area (Å²) in [5.41, 5.74) is 1.33. The number of hydrogen-bond acceptors (Lipinski definition) is 4. The highest BCUT2D eigenvalue weighted by atomic mass is 16.5. The smallest absolute Gasteiger partial charge is 0.256 e. The summed E-state index contributed by atoms with van der Waals surface area (Å²) in [5, 5.41) is 6.91. The summed E-state index contributed by atoms with van der Waals surface area (Å²) in [4.78, 5) is 12.4. The van der Waals surface area contributed by atoms with E-state index in [0.717, 1.165) is 13.0 Å². The van der Waals surface area contributed by atoms with Gasteiger partial charge >= 0.3 is 0 Å². The highest BCUT2D eigenvalue weighted by Gasteiger charge is 2.37. The Labute approximate surface area is 126 Å². The first-order chi connectivity index (χ1) is 9.84. The van der Waals surface area contributed by atoms with Crippen LogP contribution in [0.5, 0.6) is 0 Å². The summed E-state index contributed by atoms with van der Waals surface area (Å²) in [6.45, 7) is 11.7. The molecule has 0 bridgehead atoms. The Hall–Kier alpha value is -1.36. The van der Waals surface area contributed by atoms with Crippen LogP contribution in [-0.2, 0) is 11.2 Å². The van der Waals surface area contributed by atoms with Crippen molar-refractivity contribution in [2.24, 2.45) is 11.3 Å². The fraction of sp³-hybridized carbons (Fsp3) is 0.750. The standard InChI is InChI=1S/C16H26N2O3/c1-6-12-13(10(2)18-21-12)15(19)17-9-11-7-8-20-14(11)16(3,4)5/h11,14H,6-9H2,1-5H3,(H,17,19)/t11-,14+/m1/s1. The van der Waals surface area contributed by atoms with Crippen molar-refractivity contribution in [2.75, 3.05) is 13.2 Å². The first-order valence-electron chi connectivity index (χ1n) is 7.69. The number of carbonyl (C=O) groups is 1. The van der Waals surface area contributed by atoms with Gasteiger partial charge in [0.2, 0.25) is 0 Å². The van der Waals surface area contributed by atoms with Gasteiger partial charge in [-0.15, -0.1) is 0 Å². The van der Waals surface area contributed by atoms with Gasteiger partial charge < -0.3 is 14.6 Å². The molecule has 1 aliphatic heterocycles. The molecule has 118 valence electrons. The number of nitrogens with one attached hydrogen (secondary N) is 1. The number of aryl methyl sites for hydroxylation is 2. The van der Waals surface area contributed by atoms with E-state index >= 15 is 0 Å². The molecule has 1 fully saturated rings. The zero-order chi connectivity index (χ0) is 15.6. The molecular weight excluding hydrogens is 268 g/mol. The molecule has 0 aliphatic carbocycles. The fourth-order valence-electron chi connectivity index (χ4n) is 3.06. The second-order valence-corrected chi connectivity index (χ2v) is 6.84. The van der Waals surface area contributed by atoms with E-state index in [0.29, 0.717) is 35.9 Å². The number of rotatable bonds is 4. The maximum Gasteiger partial charge on any atom is 0.256 e. The molecule has 5 heteroatoms. The van der Waals surface area contributed by atoms with Gasteiger partial charge in [-0.25, -0.2) is 0 Å². The van der Waals surface area contributed by atoms with Crippen LogP contribution in [0.1, 0.15) is 55.9 Å². The normalized spacial score (nSPS) is 22.5. The van der Waals surface area contributed by atoms with Crippen LogP contribution in [0.4, 0.5) is 0 Å². The molecule has 1 aromatic heterocycles. The summed E-state index contributed by atoms with van der Waals surface area (Å²) < 4.78 is 11.0. The van der Waals surface area contributed by atoms with E-state index in [-0.39, 0.29) is 17.4 Å². The summed E-state index contributed by atoms with van der Waals surface area (Å²) in [7, 11) is 0. The van der Waals surface area contributed by atoms with Crippen LogP contribution in [-0.4, -0.2) is 30.3 Å². The van der Waals surface area contributed by atoms with Gasteiger partial charge in [0.05, 0.1) is 11.8 Å². The van der Waals surface area contributed by atoms with Gasteiger partial charge in [-0.1, -0.05) is 32.9 Å². The van der Waals surface area contributed by atoms with Crippen molar-refractivity contribution in [3.05, 3.63) is 17.0 Å².